The van der Waals surface area contributed by atoms with Gasteiger partial charge < -0.3 is 10.1 Å². The van der Waals surface area contributed by atoms with Crippen LogP contribution in [-0.2, 0) is 22.4 Å². The van der Waals surface area contributed by atoms with Crippen LogP contribution in [0.3, 0.4) is 0 Å². The molecule has 2 rings (SSSR count). The third-order valence-corrected chi connectivity index (χ3v) is 4.87. The van der Waals surface area contributed by atoms with E-state index in [2.05, 4.69) is 5.32 Å². The molecule has 1 heterocycles. The van der Waals surface area contributed by atoms with E-state index in [0.29, 0.717) is 29.5 Å². The van der Waals surface area contributed by atoms with Gasteiger partial charge in [0.2, 0.25) is 5.91 Å². The van der Waals surface area contributed by atoms with Crippen LogP contribution < -0.4 is 5.32 Å². The lowest BCUT2D eigenvalue weighted by atomic mass is 9.95. The summed E-state index contributed by atoms with van der Waals surface area (Å²) in [5, 5.41) is 3.61. The summed E-state index contributed by atoms with van der Waals surface area (Å²) >= 11 is 1.55. The zero-order chi connectivity index (χ0) is 16.1. The van der Waals surface area contributed by atoms with Crippen LogP contribution in [0.25, 0.3) is 0 Å². The van der Waals surface area contributed by atoms with Crippen LogP contribution in [0.4, 0.5) is 5.00 Å². The molecular formula is C17H25NO3S. The molecule has 0 fully saturated rings. The Morgan fingerprint density at radius 3 is 2.68 bits per heavy atom. The molecule has 1 N–H and O–H groups in total. The molecule has 5 heteroatoms. The lowest BCUT2D eigenvalue weighted by molar-refractivity contribution is -0.116. The number of carbonyl (C=O) groups excluding carboxylic acids is 2. The molecule has 1 amide bonds. The summed E-state index contributed by atoms with van der Waals surface area (Å²) in [6.07, 6.45) is 5.41. The van der Waals surface area contributed by atoms with Crippen LogP contribution in [-0.4, -0.2) is 18.5 Å². The predicted molar refractivity (Wildman–Crippen MR) is 89.6 cm³/mol. The summed E-state index contributed by atoms with van der Waals surface area (Å²) in [6.45, 7) is 6.41. The summed E-state index contributed by atoms with van der Waals surface area (Å²) in [5.74, 6) is -0.0238. The maximum absolute atomic E-state index is 12.4. The van der Waals surface area contributed by atoms with Gasteiger partial charge in [0.05, 0.1) is 12.2 Å². The molecule has 0 aromatic carbocycles. The molecule has 0 saturated heterocycles. The van der Waals surface area contributed by atoms with Crippen LogP contribution in [0, 0.1) is 5.92 Å². The molecule has 0 aliphatic heterocycles. The summed E-state index contributed by atoms with van der Waals surface area (Å²) in [4.78, 5) is 25.7. The van der Waals surface area contributed by atoms with Crippen molar-refractivity contribution in [2.45, 2.75) is 59.3 Å². The van der Waals surface area contributed by atoms with Crippen molar-refractivity contribution in [1.29, 1.82) is 0 Å². The number of esters is 1. The summed E-state index contributed by atoms with van der Waals surface area (Å²) in [5.41, 5.74) is 1.70. The van der Waals surface area contributed by atoms with Gasteiger partial charge in [-0.05, 0) is 43.6 Å². The zero-order valence-electron chi connectivity index (χ0n) is 13.7. The number of hydrogen-bond acceptors (Lipinski definition) is 4. The molecule has 0 saturated carbocycles. The maximum atomic E-state index is 12.4. The number of ether oxygens (including phenoxy) is 1. The number of fused-ring (bicyclic) bond motifs is 1. The van der Waals surface area contributed by atoms with E-state index in [1.54, 1.807) is 11.3 Å². The van der Waals surface area contributed by atoms with Crippen molar-refractivity contribution >= 4 is 28.2 Å². The molecule has 0 radical (unpaired) electrons. The van der Waals surface area contributed by atoms with E-state index >= 15 is 0 Å². The summed E-state index contributed by atoms with van der Waals surface area (Å²) in [6, 6.07) is 0. The van der Waals surface area contributed by atoms with Crippen molar-refractivity contribution < 1.29 is 14.3 Å². The van der Waals surface area contributed by atoms with E-state index < -0.39 is 0 Å². The Balaban J connectivity index is 2.25. The molecule has 0 unspecified atom stereocenters. The Morgan fingerprint density at radius 1 is 1.27 bits per heavy atom. The molecule has 1 aromatic heterocycles. The first-order chi connectivity index (χ1) is 10.5. The maximum Gasteiger partial charge on any atom is 0.341 e. The summed E-state index contributed by atoms with van der Waals surface area (Å²) in [7, 11) is 0. The Hall–Kier alpha value is -1.36. The van der Waals surface area contributed by atoms with Crippen molar-refractivity contribution in [3.8, 4) is 0 Å². The Morgan fingerprint density at radius 2 is 2.00 bits per heavy atom. The predicted octanol–water partition coefficient (Wildman–Crippen LogP) is 4.18. The minimum Gasteiger partial charge on any atom is -0.462 e. The number of aryl methyl sites for hydroxylation is 1. The van der Waals surface area contributed by atoms with Gasteiger partial charge in [-0.15, -0.1) is 11.3 Å². The average molecular weight is 323 g/mol. The molecule has 0 bridgehead atoms. The van der Waals surface area contributed by atoms with Crippen LogP contribution in [0.1, 0.15) is 67.3 Å². The smallest absolute Gasteiger partial charge is 0.341 e. The van der Waals surface area contributed by atoms with E-state index in [1.807, 2.05) is 20.8 Å². The van der Waals surface area contributed by atoms with Crippen molar-refractivity contribution in [2.75, 3.05) is 11.9 Å². The minimum absolute atomic E-state index is 0.0295. The highest BCUT2D eigenvalue weighted by Crippen LogP contribution is 2.38. The number of thiophene rings is 1. The highest BCUT2D eigenvalue weighted by Gasteiger charge is 2.27. The van der Waals surface area contributed by atoms with Crippen molar-refractivity contribution in [3.63, 3.8) is 0 Å². The number of hydrogen-bond donors (Lipinski definition) is 1. The van der Waals surface area contributed by atoms with Gasteiger partial charge in [0.25, 0.3) is 0 Å². The third kappa shape index (κ3) is 4.09. The second-order valence-electron chi connectivity index (χ2n) is 6.20. The molecule has 1 aromatic rings. The average Bonchev–Trinajstić information content (AvgIpc) is 2.81. The van der Waals surface area contributed by atoms with E-state index in [1.165, 1.54) is 4.88 Å². The molecule has 0 atom stereocenters. The number of nitrogens with one attached hydrogen (secondary N) is 1. The number of amides is 1. The van der Waals surface area contributed by atoms with E-state index in [0.717, 1.165) is 37.7 Å². The fraction of sp³-hybridized carbons (Fsp3) is 0.647. The fourth-order valence-electron chi connectivity index (χ4n) is 2.69. The SMILES string of the molecule is CCCOC(=O)c1c(NC(=O)CC(C)C)sc2c1CCCC2. The lowest BCUT2D eigenvalue weighted by Crippen LogP contribution is -2.17. The molecule has 4 nitrogen and oxygen atoms in total. The lowest BCUT2D eigenvalue weighted by Gasteiger charge is -2.12. The first-order valence-electron chi connectivity index (χ1n) is 8.14. The molecular weight excluding hydrogens is 298 g/mol. The van der Waals surface area contributed by atoms with Gasteiger partial charge in [-0.25, -0.2) is 4.79 Å². The van der Waals surface area contributed by atoms with Gasteiger partial charge in [0.1, 0.15) is 5.00 Å². The van der Waals surface area contributed by atoms with Gasteiger partial charge in [-0.3, -0.25) is 4.79 Å². The van der Waals surface area contributed by atoms with Crippen molar-refractivity contribution in [3.05, 3.63) is 16.0 Å². The van der Waals surface area contributed by atoms with Gasteiger partial charge in [0, 0.05) is 11.3 Å². The highest BCUT2D eigenvalue weighted by atomic mass is 32.1. The standard InChI is InChI=1S/C17H25NO3S/c1-4-9-21-17(20)15-12-7-5-6-8-13(12)22-16(15)18-14(19)10-11(2)3/h11H,4-10H2,1-3H3,(H,18,19). The zero-order valence-corrected chi connectivity index (χ0v) is 14.5. The van der Waals surface area contributed by atoms with Crippen LogP contribution in [0.15, 0.2) is 0 Å². The molecule has 22 heavy (non-hydrogen) atoms. The van der Waals surface area contributed by atoms with Crippen molar-refractivity contribution in [2.24, 2.45) is 5.92 Å². The second-order valence-corrected chi connectivity index (χ2v) is 7.30. The molecule has 1 aliphatic carbocycles. The Kier molecular flexibility index (Phi) is 6.00. The third-order valence-electron chi connectivity index (χ3n) is 3.66. The summed E-state index contributed by atoms with van der Waals surface area (Å²) < 4.78 is 5.32. The van der Waals surface area contributed by atoms with Crippen LogP contribution in [0.5, 0.6) is 0 Å². The first kappa shape index (κ1) is 17.0. The second kappa shape index (κ2) is 7.77. The number of rotatable bonds is 6. The van der Waals surface area contributed by atoms with Crippen LogP contribution in [0.2, 0.25) is 0 Å². The number of carbonyl (C=O) groups is 2. The molecule has 1 aliphatic rings. The minimum atomic E-state index is -0.291. The topological polar surface area (TPSA) is 55.4 Å². The molecule has 122 valence electrons. The monoisotopic (exact) mass is 323 g/mol. The van der Waals surface area contributed by atoms with E-state index in [9.17, 15) is 9.59 Å². The Labute approximate surface area is 136 Å². The highest BCUT2D eigenvalue weighted by molar-refractivity contribution is 7.17. The van der Waals surface area contributed by atoms with Crippen LogP contribution >= 0.6 is 11.3 Å². The Bertz CT molecular complexity index is 548. The van der Waals surface area contributed by atoms with E-state index in [4.69, 9.17) is 4.74 Å². The van der Waals surface area contributed by atoms with Gasteiger partial charge in [-0.2, -0.15) is 0 Å². The largest absolute Gasteiger partial charge is 0.462 e. The van der Waals surface area contributed by atoms with Crippen molar-refractivity contribution in [1.82, 2.24) is 0 Å². The first-order valence-corrected chi connectivity index (χ1v) is 8.96. The molecule has 0 spiro atoms. The van der Waals surface area contributed by atoms with Gasteiger partial charge in [-0.1, -0.05) is 20.8 Å². The van der Waals surface area contributed by atoms with Gasteiger partial charge in [0.15, 0.2) is 0 Å². The van der Waals surface area contributed by atoms with E-state index in [-0.39, 0.29) is 11.9 Å². The fourth-order valence-corrected chi connectivity index (χ4v) is 3.98. The van der Waals surface area contributed by atoms with Gasteiger partial charge >= 0.3 is 5.97 Å². The normalized spacial score (nSPS) is 13.8. The quantitative estimate of drug-likeness (QED) is 0.799. The number of anilines is 1.